The van der Waals surface area contributed by atoms with E-state index in [0.29, 0.717) is 6.04 Å². The molecule has 1 atom stereocenters. The zero-order valence-corrected chi connectivity index (χ0v) is 14.2. The summed E-state index contributed by atoms with van der Waals surface area (Å²) in [6, 6.07) is 0.549. The maximum absolute atomic E-state index is 4.55. The van der Waals surface area contributed by atoms with Gasteiger partial charge in [-0.15, -0.1) is 11.3 Å². The number of rotatable bonds is 5. The van der Waals surface area contributed by atoms with Crippen molar-refractivity contribution in [3.63, 3.8) is 0 Å². The highest BCUT2D eigenvalue weighted by molar-refractivity contribution is 7.11. The molecule has 2 rings (SSSR count). The largest absolute Gasteiger partial charge is 0.308 e. The van der Waals surface area contributed by atoms with E-state index < -0.39 is 0 Å². The van der Waals surface area contributed by atoms with Gasteiger partial charge in [0, 0.05) is 35.6 Å². The molecule has 1 fully saturated rings. The fourth-order valence-electron chi connectivity index (χ4n) is 2.60. The lowest BCUT2D eigenvalue weighted by Crippen LogP contribution is -2.41. The first-order valence-electron chi connectivity index (χ1n) is 7.86. The molecule has 1 aliphatic heterocycles. The predicted molar refractivity (Wildman–Crippen MR) is 87.4 cm³/mol. The van der Waals surface area contributed by atoms with Crippen molar-refractivity contribution in [3.8, 4) is 0 Å². The normalized spacial score (nSPS) is 19.2. The molecule has 1 aromatic rings. The second kappa shape index (κ2) is 7.01. The van der Waals surface area contributed by atoms with Crippen LogP contribution in [0, 0.1) is 0 Å². The molecule has 0 saturated carbocycles. The van der Waals surface area contributed by atoms with Gasteiger partial charge in [0.2, 0.25) is 0 Å². The van der Waals surface area contributed by atoms with Crippen LogP contribution in [0.25, 0.3) is 0 Å². The Bertz CT molecular complexity index is 402. The quantitative estimate of drug-likeness (QED) is 0.902. The molecule has 1 unspecified atom stereocenters. The summed E-state index contributed by atoms with van der Waals surface area (Å²) >= 11 is 1.84. The van der Waals surface area contributed by atoms with Crippen molar-refractivity contribution in [3.05, 3.63) is 16.1 Å². The van der Waals surface area contributed by atoms with Crippen LogP contribution in [-0.4, -0.2) is 35.6 Å². The summed E-state index contributed by atoms with van der Waals surface area (Å²) in [5, 5.41) is 4.87. The monoisotopic (exact) mass is 295 g/mol. The zero-order valence-electron chi connectivity index (χ0n) is 13.4. The van der Waals surface area contributed by atoms with Crippen LogP contribution in [0.3, 0.4) is 0 Å². The SMILES string of the molecule is CC(CN1CCCCC1)NCc1cnc(C(C)(C)C)s1. The minimum atomic E-state index is 0.169. The van der Waals surface area contributed by atoms with Crippen LogP contribution in [0.5, 0.6) is 0 Å². The molecule has 0 radical (unpaired) electrons. The van der Waals surface area contributed by atoms with Crippen LogP contribution in [-0.2, 0) is 12.0 Å². The predicted octanol–water partition coefficient (Wildman–Crippen LogP) is 3.40. The summed E-state index contributed by atoms with van der Waals surface area (Å²) in [5.41, 5.74) is 0.169. The van der Waals surface area contributed by atoms with Crippen LogP contribution in [0.4, 0.5) is 0 Å². The van der Waals surface area contributed by atoms with Gasteiger partial charge in [-0.3, -0.25) is 0 Å². The van der Waals surface area contributed by atoms with Gasteiger partial charge in [-0.05, 0) is 32.9 Å². The van der Waals surface area contributed by atoms with E-state index in [0.717, 1.165) is 6.54 Å². The Morgan fingerprint density at radius 3 is 2.60 bits per heavy atom. The van der Waals surface area contributed by atoms with Gasteiger partial charge in [0.1, 0.15) is 0 Å². The lowest BCUT2D eigenvalue weighted by Gasteiger charge is -2.29. The van der Waals surface area contributed by atoms with E-state index in [1.807, 2.05) is 17.5 Å². The number of nitrogens with one attached hydrogen (secondary N) is 1. The number of aromatic nitrogens is 1. The summed E-state index contributed by atoms with van der Waals surface area (Å²) in [6.07, 6.45) is 6.19. The highest BCUT2D eigenvalue weighted by Gasteiger charge is 2.18. The van der Waals surface area contributed by atoms with Crippen LogP contribution in [0.2, 0.25) is 0 Å². The third-order valence-corrected chi connectivity index (χ3v) is 5.22. The highest BCUT2D eigenvalue weighted by Crippen LogP contribution is 2.26. The third-order valence-electron chi connectivity index (χ3n) is 3.80. The number of piperidine rings is 1. The van der Waals surface area contributed by atoms with E-state index in [2.05, 4.69) is 42.9 Å². The second-order valence-corrected chi connectivity index (χ2v) is 8.14. The summed E-state index contributed by atoms with van der Waals surface area (Å²) in [4.78, 5) is 8.49. The van der Waals surface area contributed by atoms with Gasteiger partial charge in [-0.2, -0.15) is 0 Å². The van der Waals surface area contributed by atoms with E-state index in [4.69, 9.17) is 0 Å². The Balaban J connectivity index is 1.75. The van der Waals surface area contributed by atoms with Gasteiger partial charge in [-0.1, -0.05) is 27.2 Å². The first kappa shape index (κ1) is 15.9. The Kier molecular flexibility index (Phi) is 5.58. The smallest absolute Gasteiger partial charge is 0.0981 e. The molecule has 4 heteroatoms. The number of hydrogen-bond acceptors (Lipinski definition) is 4. The lowest BCUT2D eigenvalue weighted by molar-refractivity contribution is 0.209. The van der Waals surface area contributed by atoms with E-state index >= 15 is 0 Å². The summed E-state index contributed by atoms with van der Waals surface area (Å²) < 4.78 is 0. The van der Waals surface area contributed by atoms with Crippen molar-refractivity contribution in [2.45, 2.75) is 65.0 Å². The van der Waals surface area contributed by atoms with Crippen LogP contribution in [0.15, 0.2) is 6.20 Å². The molecule has 0 bridgehead atoms. The van der Waals surface area contributed by atoms with Gasteiger partial charge in [-0.25, -0.2) is 4.98 Å². The molecule has 3 nitrogen and oxygen atoms in total. The molecule has 0 amide bonds. The molecule has 1 aromatic heterocycles. The van der Waals surface area contributed by atoms with Gasteiger partial charge in [0.05, 0.1) is 5.01 Å². The fourth-order valence-corrected chi connectivity index (χ4v) is 3.53. The number of likely N-dealkylation sites (tertiary alicyclic amines) is 1. The minimum Gasteiger partial charge on any atom is -0.308 e. The Morgan fingerprint density at radius 2 is 2.00 bits per heavy atom. The molecular weight excluding hydrogens is 266 g/mol. The average Bonchev–Trinajstić information content (AvgIpc) is 2.86. The second-order valence-electron chi connectivity index (χ2n) is 7.02. The van der Waals surface area contributed by atoms with Crippen molar-refractivity contribution >= 4 is 11.3 Å². The molecule has 1 saturated heterocycles. The van der Waals surface area contributed by atoms with Crippen molar-refractivity contribution in [2.24, 2.45) is 0 Å². The van der Waals surface area contributed by atoms with Crippen molar-refractivity contribution in [2.75, 3.05) is 19.6 Å². The van der Waals surface area contributed by atoms with E-state index in [-0.39, 0.29) is 5.41 Å². The van der Waals surface area contributed by atoms with E-state index in [1.54, 1.807) is 0 Å². The molecule has 1 N–H and O–H groups in total. The van der Waals surface area contributed by atoms with Crippen molar-refractivity contribution in [1.29, 1.82) is 0 Å². The van der Waals surface area contributed by atoms with Crippen LogP contribution >= 0.6 is 11.3 Å². The van der Waals surface area contributed by atoms with Gasteiger partial charge in [0.15, 0.2) is 0 Å². The Hall–Kier alpha value is -0.450. The van der Waals surface area contributed by atoms with Gasteiger partial charge >= 0.3 is 0 Å². The molecule has 0 aromatic carbocycles. The Labute approximate surface area is 127 Å². The maximum atomic E-state index is 4.55. The highest BCUT2D eigenvalue weighted by atomic mass is 32.1. The van der Waals surface area contributed by atoms with Crippen molar-refractivity contribution < 1.29 is 0 Å². The molecule has 1 aliphatic rings. The Morgan fingerprint density at radius 1 is 1.30 bits per heavy atom. The van der Waals surface area contributed by atoms with E-state index in [1.165, 1.54) is 48.8 Å². The number of nitrogens with zero attached hydrogens (tertiary/aromatic N) is 2. The fraction of sp³-hybridized carbons (Fsp3) is 0.812. The van der Waals surface area contributed by atoms with Crippen molar-refractivity contribution in [1.82, 2.24) is 15.2 Å². The number of hydrogen-bond donors (Lipinski definition) is 1. The van der Waals surface area contributed by atoms with Gasteiger partial charge < -0.3 is 10.2 Å². The maximum Gasteiger partial charge on any atom is 0.0981 e. The topological polar surface area (TPSA) is 28.2 Å². The molecule has 0 spiro atoms. The summed E-state index contributed by atoms with van der Waals surface area (Å²) in [5.74, 6) is 0. The average molecular weight is 295 g/mol. The summed E-state index contributed by atoms with van der Waals surface area (Å²) in [6.45, 7) is 13.6. The third kappa shape index (κ3) is 4.83. The molecular formula is C16H29N3S. The molecule has 114 valence electrons. The van der Waals surface area contributed by atoms with Crippen LogP contribution < -0.4 is 5.32 Å². The first-order chi connectivity index (χ1) is 9.45. The molecule has 2 heterocycles. The summed E-state index contributed by atoms with van der Waals surface area (Å²) in [7, 11) is 0. The number of thiazole rings is 1. The molecule has 0 aliphatic carbocycles. The first-order valence-corrected chi connectivity index (χ1v) is 8.68. The van der Waals surface area contributed by atoms with E-state index in [9.17, 15) is 0 Å². The standard InChI is InChI=1S/C16H29N3S/c1-13(12-19-8-6-5-7-9-19)17-10-14-11-18-15(20-14)16(2,3)4/h11,13,17H,5-10,12H2,1-4H3. The zero-order chi connectivity index (χ0) is 14.6. The van der Waals surface area contributed by atoms with Gasteiger partial charge in [0.25, 0.3) is 0 Å². The minimum absolute atomic E-state index is 0.169. The lowest BCUT2D eigenvalue weighted by atomic mass is 9.98. The molecule has 20 heavy (non-hydrogen) atoms. The van der Waals surface area contributed by atoms with Crippen LogP contribution in [0.1, 0.15) is 56.8 Å².